The highest BCUT2D eigenvalue weighted by atomic mass is 32.1. The molecule has 2 aromatic heterocycles. The van der Waals surface area contributed by atoms with Crippen molar-refractivity contribution < 1.29 is 4.79 Å². The van der Waals surface area contributed by atoms with E-state index in [1.54, 1.807) is 0 Å². The Morgan fingerprint density at radius 3 is 2.90 bits per heavy atom. The number of aromatic amines is 1. The molecule has 4 N–H and O–H groups in total. The van der Waals surface area contributed by atoms with Gasteiger partial charge in [0.25, 0.3) is 0 Å². The van der Waals surface area contributed by atoms with Gasteiger partial charge in [-0.25, -0.2) is 0 Å². The SMILES string of the molecule is Cc1[nH]ncc1CCCNc1cc(N)c(C(=O)C(C)C)s1. The average molecular weight is 306 g/mol. The molecule has 0 aromatic carbocycles. The highest BCUT2D eigenvalue weighted by Crippen LogP contribution is 2.31. The Balaban J connectivity index is 1.85. The van der Waals surface area contributed by atoms with Gasteiger partial charge in [0.15, 0.2) is 5.78 Å². The number of H-pyrrole nitrogens is 1. The number of nitrogens with zero attached hydrogens (tertiary/aromatic N) is 1. The summed E-state index contributed by atoms with van der Waals surface area (Å²) in [6, 6.07) is 1.85. The number of aromatic nitrogens is 2. The summed E-state index contributed by atoms with van der Waals surface area (Å²) >= 11 is 1.44. The molecule has 2 heterocycles. The van der Waals surface area contributed by atoms with Gasteiger partial charge in [-0.15, -0.1) is 11.3 Å². The largest absolute Gasteiger partial charge is 0.397 e. The molecule has 0 fully saturated rings. The molecule has 6 heteroatoms. The van der Waals surface area contributed by atoms with E-state index in [-0.39, 0.29) is 11.7 Å². The summed E-state index contributed by atoms with van der Waals surface area (Å²) in [5.41, 5.74) is 8.87. The van der Waals surface area contributed by atoms with Crippen LogP contribution in [0.25, 0.3) is 0 Å². The van der Waals surface area contributed by atoms with Crippen molar-refractivity contribution in [3.63, 3.8) is 0 Å². The van der Waals surface area contributed by atoms with Crippen LogP contribution in [0.5, 0.6) is 0 Å². The van der Waals surface area contributed by atoms with Crippen LogP contribution >= 0.6 is 11.3 Å². The molecule has 0 unspecified atom stereocenters. The molecule has 0 aliphatic rings. The fourth-order valence-corrected chi connectivity index (χ4v) is 3.16. The third kappa shape index (κ3) is 3.85. The van der Waals surface area contributed by atoms with Gasteiger partial charge in [-0.05, 0) is 31.4 Å². The maximum atomic E-state index is 12.0. The number of carbonyl (C=O) groups is 1. The smallest absolute Gasteiger partial charge is 0.177 e. The van der Waals surface area contributed by atoms with E-state index in [0.29, 0.717) is 10.6 Å². The Bertz CT molecular complexity index is 615. The lowest BCUT2D eigenvalue weighted by Crippen LogP contribution is -2.07. The standard InChI is InChI=1S/C15H22N4OS/c1-9(2)14(20)15-12(16)7-13(21-15)17-6-4-5-11-8-18-19-10(11)3/h7-9,17H,4-6,16H2,1-3H3,(H,18,19). The summed E-state index contributed by atoms with van der Waals surface area (Å²) in [7, 11) is 0. The zero-order valence-electron chi connectivity index (χ0n) is 12.7. The second-order valence-corrected chi connectivity index (χ2v) is 6.52. The molecule has 0 aliphatic carbocycles. The fraction of sp³-hybridized carbons (Fsp3) is 0.467. The van der Waals surface area contributed by atoms with Crippen LogP contribution in [-0.4, -0.2) is 22.5 Å². The van der Waals surface area contributed by atoms with Gasteiger partial charge in [0.2, 0.25) is 0 Å². The van der Waals surface area contributed by atoms with Crippen molar-refractivity contribution in [3.05, 3.63) is 28.4 Å². The zero-order chi connectivity index (χ0) is 15.4. The molecule has 21 heavy (non-hydrogen) atoms. The number of aryl methyl sites for hydroxylation is 2. The predicted molar refractivity (Wildman–Crippen MR) is 88.0 cm³/mol. The highest BCUT2D eigenvalue weighted by Gasteiger charge is 2.17. The maximum absolute atomic E-state index is 12.0. The van der Waals surface area contributed by atoms with E-state index in [1.165, 1.54) is 16.9 Å². The Labute approximate surface area is 128 Å². The Morgan fingerprint density at radius 2 is 2.29 bits per heavy atom. The van der Waals surface area contributed by atoms with E-state index in [9.17, 15) is 4.79 Å². The van der Waals surface area contributed by atoms with Crippen LogP contribution < -0.4 is 11.1 Å². The number of Topliss-reactive ketones (excluding diaryl/α,β-unsaturated/α-hetero) is 1. The molecule has 0 radical (unpaired) electrons. The second-order valence-electron chi connectivity index (χ2n) is 5.46. The molecule has 0 bridgehead atoms. The first-order chi connectivity index (χ1) is 9.99. The number of hydrogen-bond acceptors (Lipinski definition) is 5. The van der Waals surface area contributed by atoms with Gasteiger partial charge in [0.1, 0.15) is 0 Å². The quantitative estimate of drug-likeness (QED) is 0.541. The number of thiophene rings is 1. The number of nitrogens with one attached hydrogen (secondary N) is 2. The van der Waals surface area contributed by atoms with Gasteiger partial charge in [0.05, 0.1) is 21.8 Å². The molecule has 114 valence electrons. The lowest BCUT2D eigenvalue weighted by atomic mass is 10.1. The van der Waals surface area contributed by atoms with Crippen LogP contribution in [0.4, 0.5) is 10.7 Å². The number of hydrogen-bond donors (Lipinski definition) is 3. The zero-order valence-corrected chi connectivity index (χ0v) is 13.5. The summed E-state index contributed by atoms with van der Waals surface area (Å²) < 4.78 is 0. The van der Waals surface area contributed by atoms with Crippen molar-refractivity contribution in [2.24, 2.45) is 5.92 Å². The van der Waals surface area contributed by atoms with Gasteiger partial charge >= 0.3 is 0 Å². The number of ketones is 1. The van der Waals surface area contributed by atoms with Crippen LogP contribution in [0, 0.1) is 12.8 Å². The minimum Gasteiger partial charge on any atom is -0.397 e. The van der Waals surface area contributed by atoms with Crippen molar-refractivity contribution in [1.29, 1.82) is 0 Å². The molecule has 5 nitrogen and oxygen atoms in total. The molecule has 0 aliphatic heterocycles. The first-order valence-electron chi connectivity index (χ1n) is 7.15. The van der Waals surface area contributed by atoms with E-state index in [0.717, 1.165) is 30.1 Å². The van der Waals surface area contributed by atoms with Gasteiger partial charge in [-0.2, -0.15) is 5.10 Å². The van der Waals surface area contributed by atoms with Crippen LogP contribution in [0.2, 0.25) is 0 Å². The summed E-state index contributed by atoms with van der Waals surface area (Å²) in [5, 5.41) is 11.2. The van der Waals surface area contributed by atoms with Crippen LogP contribution in [0.3, 0.4) is 0 Å². The third-order valence-corrected chi connectivity index (χ3v) is 4.49. The normalized spacial score (nSPS) is 11.0. The Kier molecular flexibility index (Phi) is 5.01. The first-order valence-corrected chi connectivity index (χ1v) is 7.97. The van der Waals surface area contributed by atoms with E-state index in [4.69, 9.17) is 5.73 Å². The van der Waals surface area contributed by atoms with Gasteiger partial charge < -0.3 is 11.1 Å². The van der Waals surface area contributed by atoms with E-state index >= 15 is 0 Å². The van der Waals surface area contributed by atoms with Gasteiger partial charge in [-0.3, -0.25) is 9.89 Å². The number of nitrogens with two attached hydrogens (primary N) is 1. The molecule has 2 aromatic rings. The van der Waals surface area contributed by atoms with E-state index < -0.39 is 0 Å². The summed E-state index contributed by atoms with van der Waals surface area (Å²) in [4.78, 5) is 12.7. The van der Waals surface area contributed by atoms with Gasteiger partial charge in [-0.1, -0.05) is 13.8 Å². The molecule has 2 rings (SSSR count). The number of rotatable bonds is 7. The van der Waals surface area contributed by atoms with Crippen LogP contribution in [-0.2, 0) is 6.42 Å². The van der Waals surface area contributed by atoms with Crippen LogP contribution in [0.1, 0.15) is 41.2 Å². The lowest BCUT2D eigenvalue weighted by Gasteiger charge is -2.03. The average Bonchev–Trinajstić information content (AvgIpc) is 3.00. The number of nitrogen functional groups attached to an aromatic ring is 1. The minimum absolute atomic E-state index is 0.0251. The van der Waals surface area contributed by atoms with Crippen molar-refractivity contribution in [1.82, 2.24) is 10.2 Å². The summed E-state index contributed by atoms with van der Waals surface area (Å²) in [6.45, 7) is 6.66. The highest BCUT2D eigenvalue weighted by molar-refractivity contribution is 7.18. The second kappa shape index (κ2) is 6.76. The first kappa shape index (κ1) is 15.6. The number of anilines is 2. The minimum atomic E-state index is -0.0251. The number of carbonyl (C=O) groups excluding carboxylic acids is 1. The van der Waals surface area contributed by atoms with Crippen LogP contribution in [0.15, 0.2) is 12.3 Å². The molecule has 0 atom stereocenters. The van der Waals surface area contributed by atoms with E-state index in [2.05, 4.69) is 15.5 Å². The fourth-order valence-electron chi connectivity index (χ4n) is 2.07. The summed E-state index contributed by atoms with van der Waals surface area (Å²) in [6.07, 6.45) is 3.86. The summed E-state index contributed by atoms with van der Waals surface area (Å²) in [5.74, 6) is 0.0856. The monoisotopic (exact) mass is 306 g/mol. The lowest BCUT2D eigenvalue weighted by molar-refractivity contribution is 0.0944. The van der Waals surface area contributed by atoms with E-state index in [1.807, 2.05) is 33.0 Å². The maximum Gasteiger partial charge on any atom is 0.177 e. The molecule has 0 saturated heterocycles. The van der Waals surface area contributed by atoms with Crippen molar-refractivity contribution >= 4 is 27.8 Å². The van der Waals surface area contributed by atoms with Crippen molar-refractivity contribution in [3.8, 4) is 0 Å². The van der Waals surface area contributed by atoms with Crippen molar-refractivity contribution in [2.75, 3.05) is 17.6 Å². The predicted octanol–water partition coefficient (Wildman–Crippen LogP) is 3.25. The Hall–Kier alpha value is -1.82. The molecule has 0 amide bonds. The topological polar surface area (TPSA) is 83.8 Å². The van der Waals surface area contributed by atoms with Gasteiger partial charge in [0, 0.05) is 18.2 Å². The molecule has 0 spiro atoms. The Morgan fingerprint density at radius 1 is 1.52 bits per heavy atom. The third-order valence-electron chi connectivity index (χ3n) is 3.37. The molecule has 0 saturated carbocycles. The molecular weight excluding hydrogens is 284 g/mol. The molecular formula is C15H22N4OS. The van der Waals surface area contributed by atoms with Crippen molar-refractivity contribution in [2.45, 2.75) is 33.6 Å².